The summed E-state index contributed by atoms with van der Waals surface area (Å²) in [6, 6.07) is 0. The highest BCUT2D eigenvalue weighted by Gasteiger charge is 2.28. The molecular formula is C7H10N2S. The van der Waals surface area contributed by atoms with Gasteiger partial charge in [-0.15, -0.1) is 0 Å². The molecule has 0 amide bonds. The monoisotopic (exact) mass is 154 g/mol. The Morgan fingerprint density at radius 2 is 2.40 bits per heavy atom. The van der Waals surface area contributed by atoms with Crippen LogP contribution in [-0.4, -0.2) is 22.3 Å². The Balaban J connectivity index is 2.26. The Hall–Kier alpha value is -0.570. The minimum atomic E-state index is 0.500. The van der Waals surface area contributed by atoms with Crippen LogP contribution >= 0.6 is 11.8 Å². The first-order valence-electron chi connectivity index (χ1n) is 3.30. The fourth-order valence-electron chi connectivity index (χ4n) is 1.20. The molecule has 0 aromatic carbocycles. The normalized spacial score (nSPS) is 29.4. The summed E-state index contributed by atoms with van der Waals surface area (Å²) in [7, 11) is 2.12. The van der Waals surface area contributed by atoms with Crippen molar-refractivity contribution in [2.24, 2.45) is 0 Å². The second-order valence-corrected chi connectivity index (χ2v) is 3.54. The van der Waals surface area contributed by atoms with Gasteiger partial charge in [-0.05, 0) is 12.3 Å². The van der Waals surface area contributed by atoms with Crippen LogP contribution in [0.5, 0.6) is 0 Å². The topological polar surface area (TPSA) is 6.48 Å². The molecular weight excluding hydrogens is 144 g/mol. The summed E-state index contributed by atoms with van der Waals surface area (Å²) >= 11 is 1.84. The van der Waals surface area contributed by atoms with Crippen LogP contribution in [0.4, 0.5) is 0 Å². The van der Waals surface area contributed by atoms with E-state index in [2.05, 4.69) is 41.6 Å². The molecule has 2 aliphatic heterocycles. The first kappa shape index (κ1) is 6.16. The summed E-state index contributed by atoms with van der Waals surface area (Å²) in [6.45, 7) is 2.13. The van der Waals surface area contributed by atoms with E-state index in [-0.39, 0.29) is 0 Å². The molecule has 2 heterocycles. The summed E-state index contributed by atoms with van der Waals surface area (Å²) in [5.74, 6) is 0. The molecule has 54 valence electrons. The van der Waals surface area contributed by atoms with Crippen molar-refractivity contribution >= 4 is 11.8 Å². The second-order valence-electron chi connectivity index (χ2n) is 2.58. The average Bonchev–Trinajstić information content (AvgIpc) is 2.41. The lowest BCUT2D eigenvalue weighted by atomic mass is 10.5. The third-order valence-electron chi connectivity index (χ3n) is 1.91. The summed E-state index contributed by atoms with van der Waals surface area (Å²) < 4.78 is 0. The number of thioether (sulfide) groups is 1. The van der Waals surface area contributed by atoms with Crippen molar-refractivity contribution in [3.8, 4) is 0 Å². The second kappa shape index (κ2) is 1.95. The van der Waals surface area contributed by atoms with Crippen molar-refractivity contribution in [1.29, 1.82) is 0 Å². The molecule has 0 bridgehead atoms. The zero-order valence-corrected chi connectivity index (χ0v) is 6.93. The van der Waals surface area contributed by atoms with Gasteiger partial charge in [0.05, 0.1) is 0 Å². The van der Waals surface area contributed by atoms with Crippen molar-refractivity contribution in [2.45, 2.75) is 12.4 Å². The third-order valence-corrected chi connectivity index (χ3v) is 2.99. The highest BCUT2D eigenvalue weighted by molar-refractivity contribution is 8.02. The summed E-state index contributed by atoms with van der Waals surface area (Å²) in [6.07, 6.45) is 4.28. The molecule has 0 N–H and O–H groups in total. The highest BCUT2D eigenvalue weighted by atomic mass is 32.2. The summed E-state index contributed by atoms with van der Waals surface area (Å²) in [5.41, 5.74) is 1.84. The molecule has 0 radical (unpaired) electrons. The van der Waals surface area contributed by atoms with Gasteiger partial charge in [0.25, 0.3) is 0 Å². The van der Waals surface area contributed by atoms with Gasteiger partial charge in [0.15, 0.2) is 5.50 Å². The van der Waals surface area contributed by atoms with Crippen LogP contribution in [0.2, 0.25) is 0 Å². The van der Waals surface area contributed by atoms with Gasteiger partial charge < -0.3 is 9.80 Å². The quantitative estimate of drug-likeness (QED) is 0.523. The number of nitrogens with zero attached hydrogens (tertiary/aromatic N) is 2. The average molecular weight is 154 g/mol. The summed E-state index contributed by atoms with van der Waals surface area (Å²) in [4.78, 5) is 4.49. The molecule has 2 nitrogen and oxygen atoms in total. The smallest absolute Gasteiger partial charge is 0.157 e. The Labute approximate surface area is 65.2 Å². The maximum Gasteiger partial charge on any atom is 0.157 e. The van der Waals surface area contributed by atoms with Crippen molar-refractivity contribution in [3.05, 3.63) is 23.5 Å². The molecule has 3 heteroatoms. The van der Waals surface area contributed by atoms with Crippen LogP contribution in [0.15, 0.2) is 23.5 Å². The van der Waals surface area contributed by atoms with Gasteiger partial charge in [-0.3, -0.25) is 0 Å². The molecule has 0 fully saturated rings. The number of rotatable bonds is 0. The lowest BCUT2D eigenvalue weighted by molar-refractivity contribution is 0.317. The number of hydrogen-bond acceptors (Lipinski definition) is 3. The third kappa shape index (κ3) is 0.669. The van der Waals surface area contributed by atoms with Crippen molar-refractivity contribution in [3.63, 3.8) is 0 Å². The molecule has 1 unspecified atom stereocenters. The van der Waals surface area contributed by atoms with Crippen LogP contribution < -0.4 is 0 Å². The first-order valence-corrected chi connectivity index (χ1v) is 4.24. The van der Waals surface area contributed by atoms with E-state index in [1.807, 2.05) is 11.8 Å². The minimum Gasteiger partial charge on any atom is -0.348 e. The number of hydrogen-bond donors (Lipinski definition) is 0. The first-order chi connectivity index (χ1) is 4.79. The molecule has 10 heavy (non-hydrogen) atoms. The van der Waals surface area contributed by atoms with Crippen LogP contribution in [0, 0.1) is 0 Å². The molecule has 2 aliphatic rings. The Morgan fingerprint density at radius 1 is 1.60 bits per heavy atom. The SMILES string of the molecule is CC1=CN2C=CSC2N1C. The molecule has 0 saturated carbocycles. The van der Waals surface area contributed by atoms with Gasteiger partial charge >= 0.3 is 0 Å². The Kier molecular flexibility index (Phi) is 1.20. The molecule has 2 rings (SSSR count). The predicted molar refractivity (Wildman–Crippen MR) is 43.9 cm³/mol. The van der Waals surface area contributed by atoms with Gasteiger partial charge in [-0.1, -0.05) is 11.8 Å². The highest BCUT2D eigenvalue weighted by Crippen LogP contribution is 2.34. The maximum atomic E-state index is 2.27. The fourth-order valence-corrected chi connectivity index (χ4v) is 2.17. The van der Waals surface area contributed by atoms with Gasteiger partial charge in [-0.2, -0.15) is 0 Å². The van der Waals surface area contributed by atoms with Crippen LogP contribution in [0.3, 0.4) is 0 Å². The van der Waals surface area contributed by atoms with Crippen molar-refractivity contribution in [2.75, 3.05) is 7.05 Å². The van der Waals surface area contributed by atoms with Gasteiger partial charge in [0, 0.05) is 25.1 Å². The molecule has 0 aromatic heterocycles. The predicted octanol–water partition coefficient (Wildman–Crippen LogP) is 1.60. The Morgan fingerprint density at radius 3 is 3.10 bits per heavy atom. The van der Waals surface area contributed by atoms with E-state index < -0.39 is 0 Å². The maximum absolute atomic E-state index is 2.27. The standard InChI is InChI=1S/C7H10N2S/c1-6-5-9-3-4-10-7(9)8(6)2/h3-5,7H,1-2H3. The minimum absolute atomic E-state index is 0.500. The van der Waals surface area contributed by atoms with E-state index in [4.69, 9.17) is 0 Å². The fraction of sp³-hybridized carbons (Fsp3) is 0.429. The van der Waals surface area contributed by atoms with Crippen molar-refractivity contribution < 1.29 is 0 Å². The summed E-state index contributed by atoms with van der Waals surface area (Å²) in [5, 5.41) is 2.13. The Bertz CT molecular complexity index is 210. The van der Waals surface area contributed by atoms with E-state index in [0.717, 1.165) is 0 Å². The number of fused-ring (bicyclic) bond motifs is 1. The zero-order valence-electron chi connectivity index (χ0n) is 6.11. The van der Waals surface area contributed by atoms with E-state index in [1.165, 1.54) is 5.70 Å². The van der Waals surface area contributed by atoms with E-state index in [9.17, 15) is 0 Å². The molecule has 1 atom stereocenters. The van der Waals surface area contributed by atoms with Crippen LogP contribution in [0.1, 0.15) is 6.92 Å². The lowest BCUT2D eigenvalue weighted by Crippen LogP contribution is -2.28. The number of allylic oxidation sites excluding steroid dienone is 1. The van der Waals surface area contributed by atoms with Crippen LogP contribution in [-0.2, 0) is 0 Å². The molecule has 0 saturated heterocycles. The van der Waals surface area contributed by atoms with E-state index in [1.54, 1.807) is 0 Å². The van der Waals surface area contributed by atoms with Gasteiger partial charge in [0.2, 0.25) is 0 Å². The molecule has 0 spiro atoms. The van der Waals surface area contributed by atoms with Crippen LogP contribution in [0.25, 0.3) is 0 Å². The van der Waals surface area contributed by atoms with E-state index in [0.29, 0.717) is 5.50 Å². The molecule has 0 aliphatic carbocycles. The van der Waals surface area contributed by atoms with Crippen molar-refractivity contribution in [1.82, 2.24) is 9.80 Å². The zero-order chi connectivity index (χ0) is 7.14. The largest absolute Gasteiger partial charge is 0.348 e. The molecule has 0 aromatic rings. The lowest BCUT2D eigenvalue weighted by Gasteiger charge is -2.22. The van der Waals surface area contributed by atoms with E-state index >= 15 is 0 Å². The van der Waals surface area contributed by atoms with Gasteiger partial charge in [0.1, 0.15) is 0 Å². The van der Waals surface area contributed by atoms with Gasteiger partial charge in [-0.25, -0.2) is 0 Å².